The van der Waals surface area contributed by atoms with Crippen LogP contribution in [0.3, 0.4) is 0 Å². The molecule has 0 aliphatic carbocycles. The zero-order valence-electron chi connectivity index (χ0n) is 10.1. The minimum absolute atomic E-state index is 0.427. The number of aromatic nitrogens is 7. The van der Waals surface area contributed by atoms with Gasteiger partial charge in [-0.3, -0.25) is 0 Å². The van der Waals surface area contributed by atoms with Crippen LogP contribution in [-0.2, 0) is 7.05 Å². The summed E-state index contributed by atoms with van der Waals surface area (Å²) in [6, 6.07) is 6.01. The molecule has 0 unspecified atom stereocenters. The first-order valence-electron chi connectivity index (χ1n) is 5.78. The lowest BCUT2D eigenvalue weighted by Crippen LogP contribution is -1.94. The van der Waals surface area contributed by atoms with Crippen molar-refractivity contribution >= 4 is 21.8 Å². The van der Waals surface area contributed by atoms with Gasteiger partial charge in [0.1, 0.15) is 0 Å². The summed E-state index contributed by atoms with van der Waals surface area (Å²) in [5.41, 5.74) is 1.89. The molecular formula is C12H9N7. The molecule has 7 nitrogen and oxygen atoms in total. The number of hydrogen-bond acceptors (Lipinski definition) is 5. The van der Waals surface area contributed by atoms with Gasteiger partial charge in [-0.25, -0.2) is 9.97 Å². The van der Waals surface area contributed by atoms with Crippen molar-refractivity contribution < 1.29 is 0 Å². The molecule has 0 saturated heterocycles. The summed E-state index contributed by atoms with van der Waals surface area (Å²) in [5.74, 6) is 0.905. The molecule has 4 aromatic rings. The molecule has 3 aromatic heterocycles. The van der Waals surface area contributed by atoms with E-state index in [9.17, 15) is 0 Å². The molecule has 1 aromatic carbocycles. The third kappa shape index (κ3) is 1.48. The average molecular weight is 251 g/mol. The minimum atomic E-state index is 0.427. The Morgan fingerprint density at radius 3 is 2.95 bits per heavy atom. The van der Waals surface area contributed by atoms with Crippen molar-refractivity contribution in [2.75, 3.05) is 0 Å². The average Bonchev–Trinajstić information content (AvgIpc) is 3.06. The minimum Gasteiger partial charge on any atom is -0.361 e. The Morgan fingerprint density at radius 2 is 2.11 bits per heavy atom. The van der Waals surface area contributed by atoms with Crippen LogP contribution in [0.4, 0.5) is 0 Å². The third-order valence-electron chi connectivity index (χ3n) is 3.00. The van der Waals surface area contributed by atoms with Gasteiger partial charge in [-0.2, -0.15) is 4.80 Å². The molecule has 0 aliphatic rings. The summed E-state index contributed by atoms with van der Waals surface area (Å²) in [6.07, 6.45) is 3.69. The summed E-state index contributed by atoms with van der Waals surface area (Å²) in [5, 5.41) is 13.9. The van der Waals surface area contributed by atoms with E-state index >= 15 is 0 Å². The maximum Gasteiger partial charge on any atom is 0.242 e. The van der Waals surface area contributed by atoms with E-state index in [0.717, 1.165) is 21.8 Å². The van der Waals surface area contributed by atoms with Crippen LogP contribution in [0.1, 0.15) is 0 Å². The monoisotopic (exact) mass is 251 g/mol. The van der Waals surface area contributed by atoms with Crippen molar-refractivity contribution in [1.82, 2.24) is 35.2 Å². The number of nitrogens with zero attached hydrogens (tertiary/aromatic N) is 6. The lowest BCUT2D eigenvalue weighted by molar-refractivity contribution is 0.630. The van der Waals surface area contributed by atoms with Crippen LogP contribution in [0.5, 0.6) is 0 Å². The predicted molar refractivity (Wildman–Crippen MR) is 69.2 cm³/mol. The first kappa shape index (κ1) is 10.1. The molecule has 19 heavy (non-hydrogen) atoms. The van der Waals surface area contributed by atoms with Crippen LogP contribution in [0.2, 0.25) is 0 Å². The molecule has 0 spiro atoms. The molecule has 7 heteroatoms. The Labute approximate surface area is 107 Å². The first-order valence-corrected chi connectivity index (χ1v) is 5.78. The van der Waals surface area contributed by atoms with Crippen LogP contribution in [0, 0.1) is 0 Å². The van der Waals surface area contributed by atoms with Crippen molar-refractivity contribution in [3.8, 4) is 11.6 Å². The maximum absolute atomic E-state index is 4.48. The fourth-order valence-electron chi connectivity index (χ4n) is 2.12. The Hall–Kier alpha value is -2.83. The summed E-state index contributed by atoms with van der Waals surface area (Å²) < 4.78 is 0. The van der Waals surface area contributed by atoms with Gasteiger partial charge < -0.3 is 4.98 Å². The molecule has 3 heterocycles. The number of tetrazole rings is 1. The normalized spacial score (nSPS) is 11.4. The lowest BCUT2D eigenvalue weighted by Gasteiger charge is -2.00. The SMILES string of the molecule is Cn1nnc(-c2ncc3c(ccc4cc[nH]c43)n2)n1. The highest BCUT2D eigenvalue weighted by molar-refractivity contribution is 6.03. The second kappa shape index (κ2) is 3.58. The number of fused-ring (bicyclic) bond motifs is 3. The van der Waals surface area contributed by atoms with E-state index in [1.165, 1.54) is 4.80 Å². The second-order valence-electron chi connectivity index (χ2n) is 4.24. The van der Waals surface area contributed by atoms with E-state index in [0.29, 0.717) is 11.6 Å². The van der Waals surface area contributed by atoms with E-state index < -0.39 is 0 Å². The topological polar surface area (TPSA) is 85.2 Å². The van der Waals surface area contributed by atoms with Crippen LogP contribution in [0.15, 0.2) is 30.6 Å². The standard InChI is InChI=1S/C12H9N7/c1-19-17-12(16-18-19)11-14-6-8-9(15-11)3-2-7-4-5-13-10(7)8/h2-6,13H,1H3. The van der Waals surface area contributed by atoms with Gasteiger partial charge in [0.2, 0.25) is 11.6 Å². The molecule has 0 bridgehead atoms. The molecule has 4 rings (SSSR count). The second-order valence-corrected chi connectivity index (χ2v) is 4.24. The van der Waals surface area contributed by atoms with E-state index in [1.807, 2.05) is 24.4 Å². The predicted octanol–water partition coefficient (Wildman–Crippen LogP) is 1.30. The molecule has 92 valence electrons. The van der Waals surface area contributed by atoms with Gasteiger partial charge in [0, 0.05) is 23.2 Å². The highest BCUT2D eigenvalue weighted by Gasteiger charge is 2.10. The van der Waals surface area contributed by atoms with Crippen molar-refractivity contribution in [2.45, 2.75) is 0 Å². The van der Waals surface area contributed by atoms with Gasteiger partial charge in [0.05, 0.1) is 18.1 Å². The van der Waals surface area contributed by atoms with Gasteiger partial charge in [-0.1, -0.05) is 6.07 Å². The highest BCUT2D eigenvalue weighted by Crippen LogP contribution is 2.23. The molecule has 0 aliphatic heterocycles. The number of aryl methyl sites for hydroxylation is 1. The summed E-state index contributed by atoms with van der Waals surface area (Å²) in [4.78, 5) is 13.4. The van der Waals surface area contributed by atoms with Crippen molar-refractivity contribution in [2.24, 2.45) is 7.05 Å². The van der Waals surface area contributed by atoms with E-state index in [4.69, 9.17) is 0 Å². The molecule has 0 fully saturated rings. The van der Waals surface area contributed by atoms with E-state index in [1.54, 1.807) is 13.2 Å². The summed E-state index contributed by atoms with van der Waals surface area (Å²) >= 11 is 0. The largest absolute Gasteiger partial charge is 0.361 e. The zero-order chi connectivity index (χ0) is 12.8. The van der Waals surface area contributed by atoms with Crippen LogP contribution in [0.25, 0.3) is 33.5 Å². The van der Waals surface area contributed by atoms with Gasteiger partial charge in [0.15, 0.2) is 0 Å². The van der Waals surface area contributed by atoms with Gasteiger partial charge in [-0.05, 0) is 17.3 Å². The molecule has 1 N–H and O–H groups in total. The van der Waals surface area contributed by atoms with Crippen LogP contribution in [-0.4, -0.2) is 35.2 Å². The third-order valence-corrected chi connectivity index (χ3v) is 3.00. The Morgan fingerprint density at radius 1 is 1.16 bits per heavy atom. The number of H-pyrrole nitrogens is 1. The Kier molecular flexibility index (Phi) is 1.91. The number of rotatable bonds is 1. The quantitative estimate of drug-likeness (QED) is 0.551. The molecule has 0 amide bonds. The van der Waals surface area contributed by atoms with E-state index in [-0.39, 0.29) is 0 Å². The smallest absolute Gasteiger partial charge is 0.242 e. The Balaban J connectivity index is 1.98. The highest BCUT2D eigenvalue weighted by atomic mass is 15.6. The fourth-order valence-corrected chi connectivity index (χ4v) is 2.12. The van der Waals surface area contributed by atoms with Gasteiger partial charge in [-0.15, -0.1) is 10.2 Å². The zero-order valence-corrected chi connectivity index (χ0v) is 10.1. The van der Waals surface area contributed by atoms with E-state index in [2.05, 4.69) is 30.4 Å². The van der Waals surface area contributed by atoms with Crippen molar-refractivity contribution in [1.29, 1.82) is 0 Å². The van der Waals surface area contributed by atoms with Gasteiger partial charge >= 0.3 is 0 Å². The van der Waals surface area contributed by atoms with Crippen LogP contribution < -0.4 is 0 Å². The molecule has 0 radical (unpaired) electrons. The number of benzene rings is 1. The van der Waals surface area contributed by atoms with Crippen molar-refractivity contribution in [3.05, 3.63) is 30.6 Å². The molecule has 0 atom stereocenters. The lowest BCUT2D eigenvalue weighted by atomic mass is 10.2. The van der Waals surface area contributed by atoms with Gasteiger partial charge in [0.25, 0.3) is 0 Å². The Bertz CT molecular complexity index is 889. The number of hydrogen-bond donors (Lipinski definition) is 1. The number of aromatic amines is 1. The fraction of sp³-hybridized carbons (Fsp3) is 0.0833. The number of nitrogens with one attached hydrogen (secondary N) is 1. The molecule has 0 saturated carbocycles. The summed E-state index contributed by atoms with van der Waals surface area (Å²) in [6.45, 7) is 0. The summed E-state index contributed by atoms with van der Waals surface area (Å²) in [7, 11) is 1.71. The molecular weight excluding hydrogens is 242 g/mol. The first-order chi connectivity index (χ1) is 9.31. The van der Waals surface area contributed by atoms with Crippen molar-refractivity contribution in [3.63, 3.8) is 0 Å². The van der Waals surface area contributed by atoms with Crippen LogP contribution >= 0.6 is 0 Å². The maximum atomic E-state index is 4.48.